The number of methoxy groups -OCH3 is 1. The van der Waals surface area contributed by atoms with Crippen LogP contribution in [0.1, 0.15) is 110 Å². The molecular weight excluding hydrogens is 803 g/mol. The Morgan fingerprint density at radius 3 is 2.52 bits per heavy atom. The third-order valence-corrected chi connectivity index (χ3v) is 14.6. The van der Waals surface area contributed by atoms with E-state index in [-0.39, 0.29) is 43.7 Å². The Labute approximate surface area is 349 Å². The van der Waals surface area contributed by atoms with Crippen molar-refractivity contribution in [1.29, 1.82) is 0 Å². The highest BCUT2D eigenvalue weighted by Crippen LogP contribution is 2.48. The number of ether oxygens (including phenoxy) is 3. The molecule has 2 bridgehead atoms. The Morgan fingerprint density at radius 2 is 1.82 bits per heavy atom. The number of nitrogens with zero attached hydrogens (tertiary/aromatic N) is 3. The number of aryl methyl sites for hydroxylation is 1. The van der Waals surface area contributed by atoms with Gasteiger partial charge < -0.3 is 29.7 Å². The Balaban J connectivity index is 1.23. The molecule has 4 fully saturated rings. The minimum atomic E-state index is -4.04. The van der Waals surface area contributed by atoms with Gasteiger partial charge in [0, 0.05) is 18.9 Å². The van der Waals surface area contributed by atoms with Crippen LogP contribution in [0.2, 0.25) is 0 Å². The first-order chi connectivity index (χ1) is 28.4. The number of carbonyl (C=O) groups is 4. The molecule has 4 amide bonds. The number of benzene rings is 1. The highest BCUT2D eigenvalue weighted by atomic mass is 32.2. The smallest absolute Gasteiger partial charge is 0.408 e. The molecule has 3 aliphatic carbocycles. The summed E-state index contributed by atoms with van der Waals surface area (Å²) in [5.74, 6) is -1.82. The zero-order valence-corrected chi connectivity index (χ0v) is 35.8. The van der Waals surface area contributed by atoms with Gasteiger partial charge in [-0.3, -0.25) is 19.1 Å². The van der Waals surface area contributed by atoms with Gasteiger partial charge in [-0.1, -0.05) is 40.5 Å². The Morgan fingerprint density at radius 1 is 1.05 bits per heavy atom. The standard InChI is InChI=1S/C42H58F2N6O9S/c1-23-17-24-9-7-6-8-10-30-37(46-31-19-26(57-5)12-15-29(31)45-30)58-27-20-32(50(22-27)38(52)35(41(2,3)4)47-40(54)59-33(24)18-23)36(51)48-42(21-25(42)11-16-34(43)44)39(53)49-60(55,56)28-13-14-28/h12,15,19,23-25,27-28,32-35H,6-11,13-14,16-18,20-22H2,1-5H3,(H,47,54)(H,48,51)(H,49,53)/t23-,24-,25-,27-,32+,33-,35-,42-/m1/s1. The summed E-state index contributed by atoms with van der Waals surface area (Å²) in [5.41, 5.74) is -0.885. The van der Waals surface area contributed by atoms with Gasteiger partial charge >= 0.3 is 6.09 Å². The molecule has 2 aliphatic heterocycles. The summed E-state index contributed by atoms with van der Waals surface area (Å²) in [7, 11) is -2.50. The molecule has 8 atom stereocenters. The number of nitrogens with one attached hydrogen (secondary N) is 3. The number of aromatic nitrogens is 2. The predicted octanol–water partition coefficient (Wildman–Crippen LogP) is 5.19. The van der Waals surface area contributed by atoms with Crippen molar-refractivity contribution in [3.05, 3.63) is 23.9 Å². The van der Waals surface area contributed by atoms with Crippen LogP contribution < -0.4 is 24.8 Å². The fourth-order valence-corrected chi connectivity index (χ4v) is 10.6. The van der Waals surface area contributed by atoms with Crippen molar-refractivity contribution in [3.8, 4) is 11.6 Å². The Kier molecular flexibility index (Phi) is 12.5. The van der Waals surface area contributed by atoms with Crippen molar-refractivity contribution in [3.63, 3.8) is 0 Å². The molecule has 3 N–H and O–H groups in total. The summed E-state index contributed by atoms with van der Waals surface area (Å²) in [4.78, 5) is 67.9. The average Bonchev–Trinajstić information content (AvgIpc) is 4.08. The summed E-state index contributed by atoms with van der Waals surface area (Å²) < 4.78 is 72.6. The molecule has 1 aromatic carbocycles. The minimum Gasteiger partial charge on any atom is -0.497 e. The van der Waals surface area contributed by atoms with E-state index in [1.165, 1.54) is 4.90 Å². The van der Waals surface area contributed by atoms with Crippen molar-refractivity contribution in [2.24, 2.45) is 23.2 Å². The molecular formula is C42H58F2N6O9S. The van der Waals surface area contributed by atoms with Gasteiger partial charge in [0.05, 0.1) is 29.9 Å². The summed E-state index contributed by atoms with van der Waals surface area (Å²) in [5, 5.41) is 4.81. The second kappa shape index (κ2) is 17.2. The van der Waals surface area contributed by atoms with Crippen LogP contribution in [0.25, 0.3) is 11.0 Å². The van der Waals surface area contributed by atoms with E-state index in [1.54, 1.807) is 40.0 Å². The van der Waals surface area contributed by atoms with E-state index in [2.05, 4.69) is 22.3 Å². The lowest BCUT2D eigenvalue weighted by molar-refractivity contribution is -0.143. The summed E-state index contributed by atoms with van der Waals surface area (Å²) in [6.45, 7) is 7.36. The number of hydrogen-bond acceptors (Lipinski definition) is 11. The number of sulfonamides is 1. The van der Waals surface area contributed by atoms with Crippen molar-refractivity contribution >= 4 is 44.9 Å². The van der Waals surface area contributed by atoms with Gasteiger partial charge in [0.25, 0.3) is 5.91 Å². The summed E-state index contributed by atoms with van der Waals surface area (Å²) in [6, 6.07) is 2.92. The number of amides is 4. The van der Waals surface area contributed by atoms with Gasteiger partial charge in [-0.15, -0.1) is 0 Å². The number of hydrogen-bond donors (Lipinski definition) is 3. The maximum Gasteiger partial charge on any atom is 0.408 e. The Hall–Kier alpha value is -4.35. The van der Waals surface area contributed by atoms with E-state index in [9.17, 15) is 36.4 Å². The van der Waals surface area contributed by atoms with Crippen LogP contribution in [-0.4, -0.2) is 102 Å². The van der Waals surface area contributed by atoms with E-state index >= 15 is 0 Å². The molecule has 18 heteroatoms. The van der Waals surface area contributed by atoms with Crippen LogP contribution in [0.15, 0.2) is 18.2 Å². The zero-order valence-electron chi connectivity index (χ0n) is 35.0. The van der Waals surface area contributed by atoms with Gasteiger partial charge in [-0.2, -0.15) is 0 Å². The predicted molar refractivity (Wildman–Crippen MR) is 216 cm³/mol. The molecule has 1 saturated heterocycles. The zero-order chi connectivity index (χ0) is 43.1. The Bertz CT molecular complexity index is 2080. The van der Waals surface area contributed by atoms with Gasteiger partial charge in [-0.25, -0.2) is 32.0 Å². The number of carbonyl (C=O) groups excluding carboxylic acids is 4. The molecule has 15 nitrogen and oxygen atoms in total. The molecule has 330 valence electrons. The second-order valence-corrected chi connectivity index (χ2v) is 20.6. The molecule has 3 saturated carbocycles. The lowest BCUT2D eigenvalue weighted by atomic mass is 9.85. The molecule has 60 heavy (non-hydrogen) atoms. The van der Waals surface area contributed by atoms with Gasteiger partial charge in [0.15, 0.2) is 0 Å². The van der Waals surface area contributed by atoms with Crippen LogP contribution in [0.4, 0.5) is 13.6 Å². The number of alkyl carbamates (subject to hydrolysis) is 1. The number of halogens is 2. The molecule has 7 rings (SSSR count). The topological polar surface area (TPSA) is 195 Å². The number of fused-ring (bicyclic) bond motifs is 5. The maximum atomic E-state index is 14.8. The van der Waals surface area contributed by atoms with Crippen LogP contribution in [0, 0.1) is 23.2 Å². The quantitative estimate of drug-likeness (QED) is 0.301. The van der Waals surface area contributed by atoms with Gasteiger partial charge in [0.1, 0.15) is 41.3 Å². The first-order valence-corrected chi connectivity index (χ1v) is 22.9. The van der Waals surface area contributed by atoms with Crippen LogP contribution in [-0.2, 0) is 35.6 Å². The molecule has 2 aromatic rings. The maximum absolute atomic E-state index is 14.8. The first kappa shape index (κ1) is 43.7. The van der Waals surface area contributed by atoms with E-state index in [4.69, 9.17) is 24.2 Å². The molecule has 0 radical (unpaired) electrons. The van der Waals surface area contributed by atoms with E-state index in [1.807, 2.05) is 6.07 Å². The van der Waals surface area contributed by atoms with Gasteiger partial charge in [0.2, 0.25) is 34.1 Å². The highest BCUT2D eigenvalue weighted by Gasteiger charge is 2.63. The fourth-order valence-electron chi connectivity index (χ4n) is 9.23. The minimum absolute atomic E-state index is 0.0592. The molecule has 1 aromatic heterocycles. The number of rotatable bonds is 9. The highest BCUT2D eigenvalue weighted by molar-refractivity contribution is 7.91. The SMILES string of the molecule is COc1ccc2nc3c(nc2c1)O[C@@H]1C[C@@H](C(=O)N[C@]2(C(=O)NS(=O)(=O)C4CC4)C[C@H]2CCC(F)F)N(C1)C(=O)[C@H](C(C)(C)C)NC(=O)O[C@@H]1C[C@H](C)C[C@H]1CCCCC3. The first-order valence-electron chi connectivity index (χ1n) is 21.3. The van der Waals surface area contributed by atoms with Crippen LogP contribution >= 0.6 is 0 Å². The van der Waals surface area contributed by atoms with Crippen molar-refractivity contribution in [1.82, 2.24) is 30.2 Å². The van der Waals surface area contributed by atoms with Crippen LogP contribution in [0.3, 0.4) is 0 Å². The largest absolute Gasteiger partial charge is 0.497 e. The molecule has 5 aliphatic rings. The summed E-state index contributed by atoms with van der Waals surface area (Å²) >= 11 is 0. The third kappa shape index (κ3) is 9.73. The van der Waals surface area contributed by atoms with E-state index < -0.39 is 87.0 Å². The molecule has 0 unspecified atom stereocenters. The van der Waals surface area contributed by atoms with Gasteiger partial charge in [-0.05, 0) is 93.1 Å². The molecule has 0 spiro atoms. The van der Waals surface area contributed by atoms with Crippen molar-refractivity contribution in [2.45, 2.75) is 153 Å². The van der Waals surface area contributed by atoms with Crippen molar-refractivity contribution in [2.75, 3.05) is 13.7 Å². The lowest BCUT2D eigenvalue weighted by Crippen LogP contribution is -2.60. The summed E-state index contributed by atoms with van der Waals surface area (Å²) in [6.07, 6.45) is 1.01. The van der Waals surface area contributed by atoms with E-state index in [0.29, 0.717) is 54.1 Å². The van der Waals surface area contributed by atoms with Crippen LogP contribution in [0.5, 0.6) is 11.6 Å². The van der Waals surface area contributed by atoms with Crippen molar-refractivity contribution < 1.29 is 50.6 Å². The molecule has 3 heterocycles. The average molecular weight is 861 g/mol. The second-order valence-electron chi connectivity index (χ2n) is 18.6. The fraction of sp³-hybridized carbons (Fsp3) is 0.714. The monoisotopic (exact) mass is 860 g/mol. The third-order valence-electron chi connectivity index (χ3n) is 12.8. The van der Waals surface area contributed by atoms with E-state index in [0.717, 1.165) is 32.1 Å². The normalized spacial score (nSPS) is 30.3. The lowest BCUT2D eigenvalue weighted by Gasteiger charge is -2.35. The number of alkyl halides is 2.